The zero-order valence-corrected chi connectivity index (χ0v) is 15.1. The van der Waals surface area contributed by atoms with Crippen LogP contribution in [0.1, 0.15) is 33.6 Å². The van der Waals surface area contributed by atoms with Crippen molar-refractivity contribution in [2.45, 2.75) is 19.9 Å². The fourth-order valence-corrected chi connectivity index (χ4v) is 2.86. The molecule has 1 aliphatic rings. The van der Waals surface area contributed by atoms with Gasteiger partial charge in [-0.3, -0.25) is 9.78 Å². The Bertz CT molecular complexity index is 778. The van der Waals surface area contributed by atoms with E-state index in [1.54, 1.807) is 11.1 Å². The number of rotatable bonds is 3. The van der Waals surface area contributed by atoms with E-state index in [0.717, 1.165) is 17.1 Å². The normalized spacial score (nSPS) is 17.4. The SMILES string of the molecule is Cc1cc(N(C)C)nc([C@@H]2COCCN2C(=O)c2ncccc2C)n1. The van der Waals surface area contributed by atoms with Crippen LogP contribution in [0.3, 0.4) is 0 Å². The lowest BCUT2D eigenvalue weighted by molar-refractivity contribution is -0.00558. The van der Waals surface area contributed by atoms with Crippen molar-refractivity contribution in [3.05, 3.63) is 47.2 Å². The highest BCUT2D eigenvalue weighted by molar-refractivity contribution is 5.94. The van der Waals surface area contributed by atoms with E-state index in [1.165, 1.54) is 0 Å². The van der Waals surface area contributed by atoms with Crippen molar-refractivity contribution in [3.63, 3.8) is 0 Å². The van der Waals surface area contributed by atoms with Crippen LogP contribution < -0.4 is 4.90 Å². The van der Waals surface area contributed by atoms with Crippen LogP contribution in [0.25, 0.3) is 0 Å². The van der Waals surface area contributed by atoms with E-state index < -0.39 is 0 Å². The molecule has 0 aliphatic carbocycles. The maximum atomic E-state index is 13.0. The molecule has 1 amide bonds. The minimum Gasteiger partial charge on any atom is -0.377 e. The van der Waals surface area contributed by atoms with Gasteiger partial charge < -0.3 is 14.5 Å². The van der Waals surface area contributed by atoms with Gasteiger partial charge in [0.05, 0.1) is 13.2 Å². The molecule has 7 nitrogen and oxygen atoms in total. The molecule has 2 aromatic heterocycles. The minimum atomic E-state index is -0.318. The molecule has 7 heteroatoms. The molecule has 0 N–H and O–H groups in total. The first-order chi connectivity index (χ1) is 12.0. The van der Waals surface area contributed by atoms with Crippen molar-refractivity contribution in [2.24, 2.45) is 0 Å². The smallest absolute Gasteiger partial charge is 0.273 e. The molecule has 0 spiro atoms. The van der Waals surface area contributed by atoms with Gasteiger partial charge >= 0.3 is 0 Å². The van der Waals surface area contributed by atoms with Gasteiger partial charge in [0, 0.05) is 38.6 Å². The Labute approximate surface area is 147 Å². The van der Waals surface area contributed by atoms with Gasteiger partial charge in [-0.15, -0.1) is 0 Å². The number of nitrogens with zero attached hydrogens (tertiary/aromatic N) is 5. The third-order valence-corrected chi connectivity index (χ3v) is 4.22. The summed E-state index contributed by atoms with van der Waals surface area (Å²) in [5.41, 5.74) is 2.19. The number of hydrogen-bond donors (Lipinski definition) is 0. The quantitative estimate of drug-likeness (QED) is 0.847. The number of hydrogen-bond acceptors (Lipinski definition) is 6. The second-order valence-electron chi connectivity index (χ2n) is 6.38. The molecule has 1 aliphatic heterocycles. The largest absolute Gasteiger partial charge is 0.377 e. The third-order valence-electron chi connectivity index (χ3n) is 4.22. The van der Waals surface area contributed by atoms with Gasteiger partial charge in [0.25, 0.3) is 5.91 Å². The molecule has 0 bridgehead atoms. The van der Waals surface area contributed by atoms with Crippen LogP contribution in [-0.4, -0.2) is 59.6 Å². The molecule has 132 valence electrons. The second-order valence-corrected chi connectivity index (χ2v) is 6.38. The van der Waals surface area contributed by atoms with Gasteiger partial charge in [-0.25, -0.2) is 9.97 Å². The molecule has 0 radical (unpaired) electrons. The number of aromatic nitrogens is 3. The van der Waals surface area contributed by atoms with Crippen molar-refractivity contribution in [3.8, 4) is 0 Å². The predicted octanol–water partition coefficient (Wildman–Crippen LogP) is 1.77. The fourth-order valence-electron chi connectivity index (χ4n) is 2.86. The molecule has 3 rings (SSSR count). The van der Waals surface area contributed by atoms with Crippen LogP contribution in [0, 0.1) is 13.8 Å². The first-order valence-corrected chi connectivity index (χ1v) is 8.30. The van der Waals surface area contributed by atoms with E-state index in [0.29, 0.717) is 31.3 Å². The highest BCUT2D eigenvalue weighted by Crippen LogP contribution is 2.25. The molecule has 3 heterocycles. The van der Waals surface area contributed by atoms with Gasteiger partial charge in [0.2, 0.25) is 0 Å². The van der Waals surface area contributed by atoms with E-state index in [1.807, 2.05) is 51.0 Å². The van der Waals surface area contributed by atoms with Crippen LogP contribution in [0.5, 0.6) is 0 Å². The van der Waals surface area contributed by atoms with Gasteiger partial charge in [-0.05, 0) is 25.5 Å². The molecule has 2 aromatic rings. The van der Waals surface area contributed by atoms with Crippen LogP contribution in [0.2, 0.25) is 0 Å². The lowest BCUT2D eigenvalue weighted by Gasteiger charge is -2.35. The van der Waals surface area contributed by atoms with E-state index in [4.69, 9.17) is 4.74 Å². The molecule has 0 unspecified atom stereocenters. The van der Waals surface area contributed by atoms with E-state index in [9.17, 15) is 4.79 Å². The molecule has 1 fully saturated rings. The van der Waals surface area contributed by atoms with E-state index in [2.05, 4.69) is 15.0 Å². The standard InChI is InChI=1S/C18H23N5O2/c1-12-6-5-7-19-16(12)18(24)23-8-9-25-11-14(23)17-20-13(2)10-15(21-17)22(3)4/h5-7,10,14H,8-9,11H2,1-4H3/t14-/m0/s1. The maximum Gasteiger partial charge on any atom is 0.273 e. The first-order valence-electron chi connectivity index (χ1n) is 8.30. The molecule has 0 aromatic carbocycles. The summed E-state index contributed by atoms with van der Waals surface area (Å²) in [6.45, 7) is 5.20. The topological polar surface area (TPSA) is 71.5 Å². The Balaban J connectivity index is 1.97. The predicted molar refractivity (Wildman–Crippen MR) is 94.7 cm³/mol. The fraction of sp³-hybridized carbons (Fsp3) is 0.444. The lowest BCUT2D eigenvalue weighted by Crippen LogP contribution is -2.44. The molecule has 0 saturated carbocycles. The summed E-state index contributed by atoms with van der Waals surface area (Å²) in [6, 6.07) is 5.32. The Kier molecular flexibility index (Phi) is 4.94. The molecular formula is C18H23N5O2. The summed E-state index contributed by atoms with van der Waals surface area (Å²) in [7, 11) is 3.87. The highest BCUT2D eigenvalue weighted by atomic mass is 16.5. The number of carbonyl (C=O) groups excluding carboxylic acids is 1. The summed E-state index contributed by atoms with van der Waals surface area (Å²) < 4.78 is 5.62. The average Bonchev–Trinajstić information content (AvgIpc) is 2.61. The Morgan fingerprint density at radius 3 is 2.84 bits per heavy atom. The summed E-state index contributed by atoms with van der Waals surface area (Å²) in [5, 5.41) is 0. The van der Waals surface area contributed by atoms with Crippen LogP contribution in [-0.2, 0) is 4.74 Å². The number of carbonyl (C=O) groups is 1. The van der Waals surface area contributed by atoms with Gasteiger partial charge in [0.15, 0.2) is 5.82 Å². The van der Waals surface area contributed by atoms with Crippen LogP contribution in [0.4, 0.5) is 5.82 Å². The van der Waals surface area contributed by atoms with E-state index in [-0.39, 0.29) is 11.9 Å². The van der Waals surface area contributed by atoms with Crippen molar-refractivity contribution >= 4 is 11.7 Å². The Morgan fingerprint density at radius 2 is 2.12 bits per heavy atom. The summed E-state index contributed by atoms with van der Waals surface area (Å²) in [6.07, 6.45) is 1.64. The van der Waals surface area contributed by atoms with Crippen molar-refractivity contribution in [2.75, 3.05) is 38.8 Å². The number of morpholine rings is 1. The first kappa shape index (κ1) is 17.3. The number of pyridine rings is 1. The summed E-state index contributed by atoms with van der Waals surface area (Å²) in [5.74, 6) is 1.31. The lowest BCUT2D eigenvalue weighted by atomic mass is 10.1. The zero-order valence-electron chi connectivity index (χ0n) is 15.1. The molecule has 25 heavy (non-hydrogen) atoms. The van der Waals surface area contributed by atoms with Crippen LogP contribution in [0.15, 0.2) is 24.4 Å². The Hall–Kier alpha value is -2.54. The average molecular weight is 341 g/mol. The maximum absolute atomic E-state index is 13.0. The highest BCUT2D eigenvalue weighted by Gasteiger charge is 2.33. The van der Waals surface area contributed by atoms with Gasteiger partial charge in [-0.1, -0.05) is 6.07 Å². The zero-order chi connectivity index (χ0) is 18.0. The van der Waals surface area contributed by atoms with E-state index >= 15 is 0 Å². The van der Waals surface area contributed by atoms with Crippen molar-refractivity contribution in [1.29, 1.82) is 0 Å². The second kappa shape index (κ2) is 7.14. The number of aryl methyl sites for hydroxylation is 2. The van der Waals surface area contributed by atoms with Gasteiger partial charge in [0.1, 0.15) is 17.6 Å². The van der Waals surface area contributed by atoms with Crippen LogP contribution >= 0.6 is 0 Å². The Morgan fingerprint density at radius 1 is 1.32 bits per heavy atom. The number of ether oxygens (including phenoxy) is 1. The summed E-state index contributed by atoms with van der Waals surface area (Å²) >= 11 is 0. The molecule has 1 saturated heterocycles. The van der Waals surface area contributed by atoms with Crippen molar-refractivity contribution in [1.82, 2.24) is 19.9 Å². The summed E-state index contributed by atoms with van der Waals surface area (Å²) in [4.78, 5) is 30.2. The van der Waals surface area contributed by atoms with Crippen molar-refractivity contribution < 1.29 is 9.53 Å². The van der Waals surface area contributed by atoms with Gasteiger partial charge in [-0.2, -0.15) is 0 Å². The monoisotopic (exact) mass is 341 g/mol. The minimum absolute atomic E-state index is 0.108. The number of amides is 1. The molecular weight excluding hydrogens is 318 g/mol. The number of anilines is 1. The molecule has 1 atom stereocenters. The third kappa shape index (κ3) is 3.61.